The van der Waals surface area contributed by atoms with Crippen LogP contribution in [0, 0.1) is 25.2 Å². The third kappa shape index (κ3) is 4.75. The maximum absolute atomic E-state index is 9.26. The molecule has 1 aromatic heterocycles. The zero-order valence-corrected chi connectivity index (χ0v) is 15.2. The van der Waals surface area contributed by atoms with Crippen molar-refractivity contribution < 1.29 is 13.9 Å². The second-order valence-corrected chi connectivity index (χ2v) is 6.34. The van der Waals surface area contributed by atoms with E-state index in [2.05, 4.69) is 27.3 Å². The average molecular weight is 356 g/mol. The Morgan fingerprint density at radius 3 is 2.85 bits per heavy atom. The van der Waals surface area contributed by atoms with Gasteiger partial charge >= 0.3 is 0 Å². The summed E-state index contributed by atoms with van der Waals surface area (Å²) in [5, 5.41) is 12.4. The lowest BCUT2D eigenvalue weighted by molar-refractivity contribution is 0.0398. The highest BCUT2D eigenvalue weighted by molar-refractivity contribution is 5.45. The lowest BCUT2D eigenvalue weighted by Gasteiger charge is -2.26. The zero-order chi connectivity index (χ0) is 18.4. The molecule has 2 aromatic rings. The van der Waals surface area contributed by atoms with E-state index in [9.17, 15) is 5.26 Å². The molecule has 1 aromatic carbocycles. The van der Waals surface area contributed by atoms with Gasteiger partial charge in [0.1, 0.15) is 11.8 Å². The van der Waals surface area contributed by atoms with E-state index < -0.39 is 0 Å². The van der Waals surface area contributed by atoms with Crippen molar-refractivity contribution in [3.05, 3.63) is 40.9 Å². The molecule has 0 unspecified atom stereocenters. The predicted molar refractivity (Wildman–Crippen MR) is 97.2 cm³/mol. The molecule has 26 heavy (non-hydrogen) atoms. The van der Waals surface area contributed by atoms with Crippen LogP contribution in [0.2, 0.25) is 0 Å². The quantitative estimate of drug-likeness (QED) is 0.816. The summed E-state index contributed by atoms with van der Waals surface area (Å²) in [5.41, 5.74) is 2.50. The van der Waals surface area contributed by atoms with Gasteiger partial charge < -0.3 is 19.2 Å². The van der Waals surface area contributed by atoms with Crippen LogP contribution < -0.4 is 10.1 Å². The molecule has 0 aliphatic carbocycles. The third-order valence-electron chi connectivity index (χ3n) is 4.28. The molecule has 0 bridgehead atoms. The lowest BCUT2D eigenvalue weighted by Crippen LogP contribution is -2.39. The van der Waals surface area contributed by atoms with E-state index in [1.165, 1.54) is 5.56 Å². The normalized spacial score (nSPS) is 14.8. The van der Waals surface area contributed by atoms with Crippen LogP contribution in [0.25, 0.3) is 0 Å². The molecule has 1 fully saturated rings. The van der Waals surface area contributed by atoms with Crippen molar-refractivity contribution in [2.45, 2.75) is 20.5 Å². The Labute approximate surface area is 153 Å². The summed E-state index contributed by atoms with van der Waals surface area (Å²) in [6, 6.07) is 8.05. The van der Waals surface area contributed by atoms with Gasteiger partial charge in [0.25, 0.3) is 0 Å². The number of ether oxygens (including phenoxy) is 2. The zero-order valence-electron chi connectivity index (χ0n) is 15.2. The highest BCUT2D eigenvalue weighted by Gasteiger charge is 2.15. The van der Waals surface area contributed by atoms with E-state index in [4.69, 9.17) is 13.9 Å². The molecular formula is C19H24N4O3. The summed E-state index contributed by atoms with van der Waals surface area (Å²) < 4.78 is 16.8. The fraction of sp³-hybridized carbons (Fsp3) is 0.474. The number of oxazole rings is 1. The summed E-state index contributed by atoms with van der Waals surface area (Å²) in [6.45, 7) is 9.16. The van der Waals surface area contributed by atoms with Crippen molar-refractivity contribution >= 4 is 5.88 Å². The lowest BCUT2D eigenvalue weighted by atomic mass is 10.1. The average Bonchev–Trinajstić information content (AvgIpc) is 3.04. The summed E-state index contributed by atoms with van der Waals surface area (Å²) >= 11 is 0. The number of nitrogens with zero attached hydrogens (tertiary/aromatic N) is 3. The Morgan fingerprint density at radius 1 is 1.31 bits per heavy atom. The SMILES string of the molecule is Cc1ccc(OCc2nc(C#N)c(NCCN3CCOCC3)o2)c(C)c1. The summed E-state index contributed by atoms with van der Waals surface area (Å²) in [5.74, 6) is 1.57. The summed E-state index contributed by atoms with van der Waals surface area (Å²) in [6.07, 6.45) is 0. The van der Waals surface area contributed by atoms with Crippen LogP contribution >= 0.6 is 0 Å². The van der Waals surface area contributed by atoms with Crippen molar-refractivity contribution in [3.8, 4) is 11.8 Å². The first kappa shape index (κ1) is 18.2. The molecule has 0 radical (unpaired) electrons. The van der Waals surface area contributed by atoms with Gasteiger partial charge in [-0.15, -0.1) is 0 Å². The van der Waals surface area contributed by atoms with E-state index >= 15 is 0 Å². The number of rotatable bonds is 7. The van der Waals surface area contributed by atoms with Gasteiger partial charge in [0.2, 0.25) is 17.5 Å². The predicted octanol–water partition coefficient (Wildman–Crippen LogP) is 2.49. The Balaban J connectivity index is 1.55. The standard InChI is InChI=1S/C19H24N4O3/c1-14-3-4-17(15(2)11-14)25-13-18-22-16(12-20)19(26-18)21-5-6-23-7-9-24-10-8-23/h3-4,11,21H,5-10,13H2,1-2H3. The number of nitrogens with one attached hydrogen (secondary N) is 1. The monoisotopic (exact) mass is 356 g/mol. The van der Waals surface area contributed by atoms with Gasteiger partial charge in [0.15, 0.2) is 6.61 Å². The Bertz CT molecular complexity index is 776. The van der Waals surface area contributed by atoms with Gasteiger partial charge in [-0.25, -0.2) is 0 Å². The number of aromatic nitrogens is 1. The second-order valence-electron chi connectivity index (χ2n) is 6.34. The minimum absolute atomic E-state index is 0.184. The number of hydrogen-bond donors (Lipinski definition) is 1. The smallest absolute Gasteiger partial charge is 0.236 e. The molecule has 0 atom stereocenters. The Hall–Kier alpha value is -2.56. The van der Waals surface area contributed by atoms with Crippen molar-refractivity contribution in [2.75, 3.05) is 44.7 Å². The van der Waals surface area contributed by atoms with E-state index in [1.807, 2.05) is 26.0 Å². The van der Waals surface area contributed by atoms with Gasteiger partial charge in [0, 0.05) is 26.2 Å². The largest absolute Gasteiger partial charge is 0.484 e. The molecule has 0 amide bonds. The van der Waals surface area contributed by atoms with Crippen LogP contribution in [0.1, 0.15) is 22.7 Å². The van der Waals surface area contributed by atoms with Crippen LogP contribution in [0.3, 0.4) is 0 Å². The van der Waals surface area contributed by atoms with Crippen molar-refractivity contribution in [1.82, 2.24) is 9.88 Å². The molecule has 138 valence electrons. The summed E-state index contributed by atoms with van der Waals surface area (Å²) in [7, 11) is 0. The maximum Gasteiger partial charge on any atom is 0.236 e. The van der Waals surface area contributed by atoms with E-state index in [1.54, 1.807) is 0 Å². The van der Waals surface area contributed by atoms with Crippen molar-refractivity contribution in [1.29, 1.82) is 5.26 Å². The Kier molecular flexibility index (Phi) is 6.10. The maximum atomic E-state index is 9.26. The van der Waals surface area contributed by atoms with Gasteiger partial charge in [0.05, 0.1) is 13.2 Å². The van der Waals surface area contributed by atoms with E-state index in [0.717, 1.165) is 44.2 Å². The Morgan fingerprint density at radius 2 is 2.12 bits per heavy atom. The van der Waals surface area contributed by atoms with Crippen LogP contribution in [-0.2, 0) is 11.3 Å². The number of hydrogen-bond acceptors (Lipinski definition) is 7. The van der Waals surface area contributed by atoms with Crippen molar-refractivity contribution in [3.63, 3.8) is 0 Å². The molecule has 1 saturated heterocycles. The first-order valence-corrected chi connectivity index (χ1v) is 8.79. The van der Waals surface area contributed by atoms with Gasteiger partial charge in [-0.05, 0) is 25.5 Å². The number of anilines is 1. The fourth-order valence-electron chi connectivity index (χ4n) is 2.87. The first-order valence-electron chi connectivity index (χ1n) is 8.79. The number of nitriles is 1. The molecule has 7 heteroatoms. The molecule has 1 aliphatic rings. The highest BCUT2D eigenvalue weighted by atomic mass is 16.5. The number of benzene rings is 1. The summed E-state index contributed by atoms with van der Waals surface area (Å²) in [4.78, 5) is 6.52. The molecule has 7 nitrogen and oxygen atoms in total. The number of morpholine rings is 1. The molecular weight excluding hydrogens is 332 g/mol. The van der Waals surface area contributed by atoms with Crippen LogP contribution in [-0.4, -0.2) is 49.3 Å². The van der Waals surface area contributed by atoms with Crippen LogP contribution in [0.4, 0.5) is 5.88 Å². The molecule has 0 saturated carbocycles. The minimum atomic E-state index is 0.184. The molecule has 1 aliphatic heterocycles. The highest BCUT2D eigenvalue weighted by Crippen LogP contribution is 2.22. The van der Waals surface area contributed by atoms with Crippen LogP contribution in [0.5, 0.6) is 5.75 Å². The molecule has 2 heterocycles. The molecule has 0 spiro atoms. The topological polar surface area (TPSA) is 83.5 Å². The van der Waals surface area contributed by atoms with Gasteiger partial charge in [-0.1, -0.05) is 17.7 Å². The molecule has 3 rings (SSSR count). The van der Waals surface area contributed by atoms with Gasteiger partial charge in [-0.2, -0.15) is 10.2 Å². The molecule has 1 N–H and O–H groups in total. The second kappa shape index (κ2) is 8.70. The third-order valence-corrected chi connectivity index (χ3v) is 4.28. The minimum Gasteiger partial charge on any atom is -0.484 e. The van der Waals surface area contributed by atoms with E-state index in [-0.39, 0.29) is 12.3 Å². The van der Waals surface area contributed by atoms with Gasteiger partial charge in [-0.3, -0.25) is 4.90 Å². The fourth-order valence-corrected chi connectivity index (χ4v) is 2.87. The number of aryl methyl sites for hydroxylation is 2. The van der Waals surface area contributed by atoms with Crippen molar-refractivity contribution in [2.24, 2.45) is 0 Å². The first-order chi connectivity index (χ1) is 12.7. The van der Waals surface area contributed by atoms with E-state index in [0.29, 0.717) is 18.3 Å². The van der Waals surface area contributed by atoms with Crippen LogP contribution in [0.15, 0.2) is 22.6 Å².